The van der Waals surface area contributed by atoms with Crippen molar-refractivity contribution in [2.75, 3.05) is 0 Å². The Morgan fingerprint density at radius 2 is 1.95 bits per heavy atom. The van der Waals surface area contributed by atoms with Gasteiger partial charge in [0, 0.05) is 29.6 Å². The predicted molar refractivity (Wildman–Crippen MR) is 78.2 cm³/mol. The molecule has 1 aromatic carbocycles. The molecule has 112 valence electrons. The number of nitrogens with two attached hydrogens (primary N) is 1. The van der Waals surface area contributed by atoms with Gasteiger partial charge in [0.25, 0.3) is 5.69 Å². The quantitative estimate of drug-likeness (QED) is 0.302. The highest BCUT2D eigenvalue weighted by atomic mass is 16.7. The number of rotatable bonds is 4. The summed E-state index contributed by atoms with van der Waals surface area (Å²) in [7, 11) is 0. The van der Waals surface area contributed by atoms with Crippen LogP contribution in [0, 0.1) is 17.0 Å². The van der Waals surface area contributed by atoms with Crippen molar-refractivity contribution < 1.29 is 14.6 Å². The molecule has 0 aliphatic carbocycles. The molecule has 0 radical (unpaired) electrons. The summed E-state index contributed by atoms with van der Waals surface area (Å²) in [5.41, 5.74) is 6.66. The van der Waals surface area contributed by atoms with E-state index in [1.807, 2.05) is 0 Å². The minimum atomic E-state index is -0.755. The van der Waals surface area contributed by atoms with Crippen LogP contribution in [0.3, 0.4) is 0 Å². The van der Waals surface area contributed by atoms with Gasteiger partial charge in [-0.1, -0.05) is 5.16 Å². The van der Waals surface area contributed by atoms with Crippen molar-refractivity contribution in [1.82, 2.24) is 4.98 Å². The number of pyridine rings is 1. The summed E-state index contributed by atoms with van der Waals surface area (Å²) in [6.07, 6.45) is 3.05. The Hall–Kier alpha value is -3.29. The molecule has 0 spiro atoms. The second-order valence-corrected chi connectivity index (χ2v) is 4.35. The summed E-state index contributed by atoms with van der Waals surface area (Å²) in [6, 6.07) is 7.12. The monoisotopic (exact) mass is 300 g/mol. The fourth-order valence-corrected chi connectivity index (χ4v) is 1.71. The first-order valence-corrected chi connectivity index (χ1v) is 6.19. The van der Waals surface area contributed by atoms with E-state index < -0.39 is 10.9 Å². The van der Waals surface area contributed by atoms with Gasteiger partial charge in [0.15, 0.2) is 5.84 Å². The standard InChI is InChI=1S/C14H12N4O4/c1-9-8-11(2-3-12(9)18(20)21)14(19)22-17-13(15)10-4-6-16-7-5-10/h2-8H,1H3,(H2,15,17). The zero-order valence-electron chi connectivity index (χ0n) is 11.6. The van der Waals surface area contributed by atoms with E-state index in [1.54, 1.807) is 12.1 Å². The summed E-state index contributed by atoms with van der Waals surface area (Å²) in [4.78, 5) is 30.6. The maximum atomic E-state index is 11.8. The van der Waals surface area contributed by atoms with E-state index in [-0.39, 0.29) is 17.1 Å². The van der Waals surface area contributed by atoms with Gasteiger partial charge in [0.05, 0.1) is 10.5 Å². The molecule has 0 saturated carbocycles. The topological polar surface area (TPSA) is 121 Å². The molecular weight excluding hydrogens is 288 g/mol. The minimum Gasteiger partial charge on any atom is -0.380 e. The van der Waals surface area contributed by atoms with E-state index >= 15 is 0 Å². The lowest BCUT2D eigenvalue weighted by Gasteiger charge is -2.02. The number of amidine groups is 1. The highest BCUT2D eigenvalue weighted by molar-refractivity contribution is 5.98. The van der Waals surface area contributed by atoms with Gasteiger partial charge >= 0.3 is 5.97 Å². The molecule has 1 aromatic heterocycles. The number of aryl methyl sites for hydroxylation is 1. The Morgan fingerprint density at radius 1 is 1.27 bits per heavy atom. The summed E-state index contributed by atoms with van der Waals surface area (Å²) in [6.45, 7) is 1.53. The third kappa shape index (κ3) is 3.42. The van der Waals surface area contributed by atoms with Crippen LogP contribution in [0.25, 0.3) is 0 Å². The van der Waals surface area contributed by atoms with Gasteiger partial charge in [-0.25, -0.2) is 4.79 Å². The number of benzene rings is 1. The molecule has 0 unspecified atom stereocenters. The first-order chi connectivity index (χ1) is 10.5. The lowest BCUT2D eigenvalue weighted by atomic mass is 10.1. The van der Waals surface area contributed by atoms with Crippen molar-refractivity contribution in [3.8, 4) is 0 Å². The molecule has 1 heterocycles. The van der Waals surface area contributed by atoms with Crippen molar-refractivity contribution >= 4 is 17.5 Å². The third-order valence-corrected chi connectivity index (χ3v) is 2.83. The van der Waals surface area contributed by atoms with Crippen molar-refractivity contribution in [3.05, 3.63) is 69.5 Å². The number of oxime groups is 1. The van der Waals surface area contributed by atoms with E-state index in [9.17, 15) is 14.9 Å². The molecular formula is C14H12N4O4. The molecule has 0 saturated heterocycles. The van der Waals surface area contributed by atoms with Crippen LogP contribution in [-0.2, 0) is 4.84 Å². The van der Waals surface area contributed by atoms with Gasteiger partial charge < -0.3 is 10.6 Å². The molecule has 2 N–H and O–H groups in total. The molecule has 0 aliphatic heterocycles. The fraction of sp³-hybridized carbons (Fsp3) is 0.0714. The molecule has 2 aromatic rings. The van der Waals surface area contributed by atoms with Gasteiger partial charge in [0.2, 0.25) is 0 Å². The van der Waals surface area contributed by atoms with Gasteiger partial charge in [-0.15, -0.1) is 0 Å². The van der Waals surface area contributed by atoms with Crippen LogP contribution >= 0.6 is 0 Å². The summed E-state index contributed by atoms with van der Waals surface area (Å²) < 4.78 is 0. The van der Waals surface area contributed by atoms with Crippen LogP contribution in [0.2, 0.25) is 0 Å². The summed E-state index contributed by atoms with van der Waals surface area (Å²) in [5, 5.41) is 14.3. The van der Waals surface area contributed by atoms with Crippen molar-refractivity contribution in [3.63, 3.8) is 0 Å². The van der Waals surface area contributed by atoms with E-state index in [4.69, 9.17) is 10.6 Å². The second-order valence-electron chi connectivity index (χ2n) is 4.35. The Kier molecular flexibility index (Phi) is 4.42. The van der Waals surface area contributed by atoms with Gasteiger partial charge in [0.1, 0.15) is 0 Å². The van der Waals surface area contributed by atoms with Crippen molar-refractivity contribution in [1.29, 1.82) is 0 Å². The largest absolute Gasteiger partial charge is 0.380 e. The molecule has 2 rings (SSSR count). The number of carbonyl (C=O) groups is 1. The summed E-state index contributed by atoms with van der Waals surface area (Å²) >= 11 is 0. The molecule has 0 bridgehead atoms. The van der Waals surface area contributed by atoms with Crippen LogP contribution in [0.5, 0.6) is 0 Å². The Labute approximate surface area is 125 Å². The average molecular weight is 300 g/mol. The molecule has 22 heavy (non-hydrogen) atoms. The summed E-state index contributed by atoms with van der Waals surface area (Å²) in [5.74, 6) is -0.732. The lowest BCUT2D eigenvalue weighted by molar-refractivity contribution is -0.385. The van der Waals surface area contributed by atoms with Crippen LogP contribution in [0.4, 0.5) is 5.69 Å². The lowest BCUT2D eigenvalue weighted by Crippen LogP contribution is -2.15. The van der Waals surface area contributed by atoms with Crippen LogP contribution in [-0.4, -0.2) is 21.7 Å². The highest BCUT2D eigenvalue weighted by Gasteiger charge is 2.15. The molecule has 0 aliphatic rings. The Morgan fingerprint density at radius 3 is 2.55 bits per heavy atom. The van der Waals surface area contributed by atoms with Crippen LogP contribution in [0.15, 0.2) is 47.9 Å². The molecule has 0 fully saturated rings. The number of nitrogens with zero attached hydrogens (tertiary/aromatic N) is 3. The zero-order valence-corrected chi connectivity index (χ0v) is 11.6. The third-order valence-electron chi connectivity index (χ3n) is 2.83. The zero-order chi connectivity index (χ0) is 16.1. The Balaban J connectivity index is 2.13. The molecule has 8 nitrogen and oxygen atoms in total. The fourth-order valence-electron chi connectivity index (χ4n) is 1.71. The number of nitro groups is 1. The minimum absolute atomic E-state index is 0.0226. The van der Waals surface area contributed by atoms with E-state index in [0.717, 1.165) is 0 Å². The number of hydrogen-bond donors (Lipinski definition) is 1. The Bertz CT molecular complexity index is 744. The first-order valence-electron chi connectivity index (χ1n) is 6.19. The smallest absolute Gasteiger partial charge is 0.365 e. The normalized spacial score (nSPS) is 11.0. The van der Waals surface area contributed by atoms with Gasteiger partial charge in [-0.2, -0.15) is 0 Å². The van der Waals surface area contributed by atoms with E-state index in [1.165, 1.54) is 37.5 Å². The number of carbonyl (C=O) groups excluding carboxylic acids is 1. The van der Waals surface area contributed by atoms with Gasteiger partial charge in [-0.3, -0.25) is 15.1 Å². The van der Waals surface area contributed by atoms with E-state index in [0.29, 0.717) is 11.1 Å². The SMILES string of the molecule is Cc1cc(C(=O)O/N=C(\N)c2ccncc2)ccc1[N+](=O)[O-]. The first kappa shape index (κ1) is 15.1. The second kappa shape index (κ2) is 6.44. The molecule has 0 atom stereocenters. The number of hydrogen-bond acceptors (Lipinski definition) is 6. The van der Waals surface area contributed by atoms with Crippen molar-refractivity contribution in [2.45, 2.75) is 6.92 Å². The number of aromatic nitrogens is 1. The maximum absolute atomic E-state index is 11.8. The molecule has 0 amide bonds. The average Bonchev–Trinajstić information content (AvgIpc) is 2.52. The van der Waals surface area contributed by atoms with Crippen LogP contribution < -0.4 is 5.73 Å². The molecule has 8 heteroatoms. The van der Waals surface area contributed by atoms with Gasteiger partial charge in [-0.05, 0) is 31.2 Å². The highest BCUT2D eigenvalue weighted by Crippen LogP contribution is 2.19. The van der Waals surface area contributed by atoms with Crippen molar-refractivity contribution in [2.24, 2.45) is 10.9 Å². The van der Waals surface area contributed by atoms with E-state index in [2.05, 4.69) is 10.1 Å². The maximum Gasteiger partial charge on any atom is 0.365 e. The predicted octanol–water partition coefficient (Wildman–Crippen LogP) is 1.78. The van der Waals surface area contributed by atoms with Crippen LogP contribution in [0.1, 0.15) is 21.5 Å². The number of nitro benzene ring substituents is 1.